The first-order valence-electron chi connectivity index (χ1n) is 11.7. The molecule has 0 aliphatic heterocycles. The third-order valence-corrected chi connectivity index (χ3v) is 5.22. The van der Waals surface area contributed by atoms with E-state index in [1.54, 1.807) is 45.0 Å². The van der Waals surface area contributed by atoms with Crippen LogP contribution in [0.5, 0.6) is 0 Å². The molecule has 0 saturated heterocycles. The van der Waals surface area contributed by atoms with Gasteiger partial charge < -0.3 is 20.3 Å². The molecule has 1 aromatic rings. The molecule has 0 fully saturated rings. The number of thiol groups is 1. The van der Waals surface area contributed by atoms with Gasteiger partial charge in [0, 0.05) is 23.9 Å². The molecule has 0 aliphatic rings. The second-order valence-corrected chi connectivity index (χ2v) is 9.78. The Morgan fingerprint density at radius 2 is 1.79 bits per heavy atom. The molecular weight excluding hydrogens is 450 g/mol. The Morgan fingerprint density at radius 3 is 2.32 bits per heavy atom. The van der Waals surface area contributed by atoms with Gasteiger partial charge in [0.15, 0.2) is 0 Å². The maximum atomic E-state index is 13.7. The lowest BCUT2D eigenvalue weighted by Crippen LogP contribution is -2.54. The minimum Gasteiger partial charge on any atom is -0.444 e. The molecule has 2 N–H and O–H groups in total. The van der Waals surface area contributed by atoms with Crippen LogP contribution < -0.4 is 10.6 Å². The molecule has 1 rings (SSSR count). The summed E-state index contributed by atoms with van der Waals surface area (Å²) in [6, 6.07) is 5.01. The Morgan fingerprint density at radius 1 is 1.15 bits per heavy atom. The van der Waals surface area contributed by atoms with E-state index in [4.69, 9.17) is 11.2 Å². The predicted molar refractivity (Wildman–Crippen MR) is 139 cm³/mol. The smallest absolute Gasteiger partial charge is 0.408 e. The summed E-state index contributed by atoms with van der Waals surface area (Å²) in [4.78, 5) is 41.1. The number of ether oxygens (including phenoxy) is 1. The van der Waals surface area contributed by atoms with E-state index in [9.17, 15) is 14.4 Å². The Kier molecular flexibility index (Phi) is 12.0. The van der Waals surface area contributed by atoms with Crippen molar-refractivity contribution in [2.75, 3.05) is 12.3 Å². The van der Waals surface area contributed by atoms with Crippen molar-refractivity contribution in [3.05, 3.63) is 35.4 Å². The quantitative estimate of drug-likeness (QED) is 0.248. The highest BCUT2D eigenvalue weighted by atomic mass is 32.1. The van der Waals surface area contributed by atoms with Gasteiger partial charge in [0.25, 0.3) is 0 Å². The van der Waals surface area contributed by atoms with Gasteiger partial charge in [-0.15, -0.1) is 6.42 Å². The molecule has 0 aromatic heterocycles. The minimum atomic E-state index is -0.979. The number of nitrogens with one attached hydrogen (secondary N) is 2. The normalized spacial score (nSPS) is 12.9. The third-order valence-electron chi connectivity index (χ3n) is 4.86. The van der Waals surface area contributed by atoms with Gasteiger partial charge in [0.2, 0.25) is 11.8 Å². The van der Waals surface area contributed by atoms with Crippen molar-refractivity contribution in [2.45, 2.75) is 84.5 Å². The van der Waals surface area contributed by atoms with Gasteiger partial charge in [-0.2, -0.15) is 12.6 Å². The zero-order valence-electron chi connectivity index (χ0n) is 21.2. The van der Waals surface area contributed by atoms with Crippen LogP contribution in [-0.2, 0) is 14.3 Å². The largest absolute Gasteiger partial charge is 0.444 e. The predicted octanol–water partition coefficient (Wildman–Crippen LogP) is 4.08. The monoisotopic (exact) mass is 489 g/mol. The van der Waals surface area contributed by atoms with E-state index in [-0.39, 0.29) is 17.7 Å². The number of hydrogen-bond acceptors (Lipinski definition) is 5. The molecule has 34 heavy (non-hydrogen) atoms. The molecule has 0 bridgehead atoms. The number of hydrogen-bond donors (Lipinski definition) is 3. The Hall–Kier alpha value is -2.66. The van der Waals surface area contributed by atoms with Crippen molar-refractivity contribution in [2.24, 2.45) is 0 Å². The second-order valence-electron chi connectivity index (χ2n) is 9.42. The molecule has 188 valence electrons. The number of unbranched alkanes of at least 4 members (excludes halogenated alkanes) is 2. The molecule has 8 heteroatoms. The van der Waals surface area contributed by atoms with E-state index in [1.165, 1.54) is 4.90 Å². The van der Waals surface area contributed by atoms with Crippen molar-refractivity contribution in [3.63, 3.8) is 0 Å². The summed E-state index contributed by atoms with van der Waals surface area (Å²) in [7, 11) is 0. The van der Waals surface area contributed by atoms with Crippen molar-refractivity contribution in [1.29, 1.82) is 0 Å². The molecule has 7 nitrogen and oxygen atoms in total. The van der Waals surface area contributed by atoms with E-state index in [0.717, 1.165) is 12.8 Å². The maximum absolute atomic E-state index is 13.7. The fraction of sp³-hybridized carbons (Fsp3) is 0.577. The molecule has 0 aliphatic carbocycles. The van der Waals surface area contributed by atoms with Crippen LogP contribution in [0.3, 0.4) is 0 Å². The number of amides is 3. The van der Waals surface area contributed by atoms with Crippen LogP contribution in [0.15, 0.2) is 24.3 Å². The summed E-state index contributed by atoms with van der Waals surface area (Å²) < 4.78 is 5.32. The zero-order chi connectivity index (χ0) is 25.9. The Bertz CT molecular complexity index is 874. The molecule has 0 radical (unpaired) electrons. The Balaban J connectivity index is 3.45. The number of rotatable bonds is 11. The molecular formula is C26H39N3O4S. The van der Waals surface area contributed by atoms with E-state index in [1.807, 2.05) is 13.8 Å². The first kappa shape index (κ1) is 29.4. The fourth-order valence-electron chi connectivity index (χ4n) is 3.42. The maximum Gasteiger partial charge on any atom is 0.408 e. The summed E-state index contributed by atoms with van der Waals surface area (Å²) in [5.41, 5.74) is 0.367. The summed E-state index contributed by atoms with van der Waals surface area (Å²) in [6.45, 7) is 11.3. The standard InChI is InChI=1S/C26H39N3O4S/c1-8-10-13-16-29(24(31)21(17-34)28-25(32)33-26(5,6)7)22(23(30)27-18(3)4)20-15-12-11-14-19(20)9-2/h2,11-12,14-15,18,21-22,34H,8,10,13,16-17H2,1,3-7H3,(H,27,30)(H,28,32). The summed E-state index contributed by atoms with van der Waals surface area (Å²) in [5, 5.41) is 5.52. The van der Waals surface area contributed by atoms with Crippen molar-refractivity contribution in [1.82, 2.24) is 15.5 Å². The van der Waals surface area contributed by atoms with Gasteiger partial charge in [0.1, 0.15) is 17.7 Å². The third kappa shape index (κ3) is 9.30. The summed E-state index contributed by atoms with van der Waals surface area (Å²) >= 11 is 4.30. The summed E-state index contributed by atoms with van der Waals surface area (Å²) in [6.07, 6.45) is 7.52. The highest BCUT2D eigenvalue weighted by Gasteiger charge is 2.36. The van der Waals surface area contributed by atoms with Crippen LogP contribution in [0.4, 0.5) is 4.79 Å². The van der Waals surface area contributed by atoms with Crippen LogP contribution >= 0.6 is 12.6 Å². The number of carbonyl (C=O) groups is 3. The highest BCUT2D eigenvalue weighted by Crippen LogP contribution is 2.26. The lowest BCUT2D eigenvalue weighted by molar-refractivity contribution is -0.142. The molecule has 0 saturated carbocycles. The number of nitrogens with zero attached hydrogens (tertiary/aromatic N) is 1. The van der Waals surface area contributed by atoms with Gasteiger partial charge in [-0.3, -0.25) is 9.59 Å². The average Bonchev–Trinajstić information content (AvgIpc) is 2.74. The van der Waals surface area contributed by atoms with E-state index in [0.29, 0.717) is 24.1 Å². The number of carbonyl (C=O) groups excluding carboxylic acids is 3. The van der Waals surface area contributed by atoms with Gasteiger partial charge in [0.05, 0.1) is 0 Å². The highest BCUT2D eigenvalue weighted by molar-refractivity contribution is 7.80. The Labute approximate surface area is 209 Å². The van der Waals surface area contributed by atoms with Gasteiger partial charge in [-0.05, 0) is 52.7 Å². The van der Waals surface area contributed by atoms with E-state index in [2.05, 4.69) is 36.1 Å². The lowest BCUT2D eigenvalue weighted by atomic mass is 9.97. The zero-order valence-corrected chi connectivity index (χ0v) is 22.1. The first-order chi connectivity index (χ1) is 15.9. The number of benzene rings is 1. The van der Waals surface area contributed by atoms with Crippen LogP contribution in [0.2, 0.25) is 0 Å². The SMILES string of the molecule is C#Cc1ccccc1C(C(=O)NC(C)C)N(CCCCC)C(=O)C(CS)NC(=O)OC(C)(C)C. The van der Waals surface area contributed by atoms with Crippen molar-refractivity contribution >= 4 is 30.5 Å². The summed E-state index contributed by atoms with van der Waals surface area (Å²) in [5.74, 6) is 1.90. The van der Waals surface area contributed by atoms with Crippen LogP contribution in [-0.4, -0.2) is 52.8 Å². The fourth-order valence-corrected chi connectivity index (χ4v) is 3.66. The molecule has 0 heterocycles. The molecule has 2 atom stereocenters. The average molecular weight is 490 g/mol. The topological polar surface area (TPSA) is 87.7 Å². The van der Waals surface area contributed by atoms with Gasteiger partial charge in [-0.25, -0.2) is 4.79 Å². The first-order valence-corrected chi connectivity index (χ1v) is 12.3. The molecule has 1 aromatic carbocycles. The number of terminal acetylenes is 1. The van der Waals surface area contributed by atoms with Crippen LogP contribution in [0.1, 0.15) is 78.0 Å². The lowest BCUT2D eigenvalue weighted by Gasteiger charge is -2.35. The van der Waals surface area contributed by atoms with Gasteiger partial charge in [-0.1, -0.05) is 43.9 Å². The second kappa shape index (κ2) is 13.9. The molecule has 0 spiro atoms. The molecule has 3 amide bonds. The molecule has 2 unspecified atom stereocenters. The van der Waals surface area contributed by atoms with Gasteiger partial charge >= 0.3 is 6.09 Å². The van der Waals surface area contributed by atoms with E-state index < -0.39 is 29.7 Å². The number of alkyl carbamates (subject to hydrolysis) is 1. The van der Waals surface area contributed by atoms with Crippen LogP contribution in [0.25, 0.3) is 0 Å². The van der Waals surface area contributed by atoms with E-state index >= 15 is 0 Å². The minimum absolute atomic E-state index is 0.0393. The van der Waals surface area contributed by atoms with Crippen molar-refractivity contribution < 1.29 is 19.1 Å². The van der Waals surface area contributed by atoms with Crippen LogP contribution in [0, 0.1) is 12.3 Å². The van der Waals surface area contributed by atoms with Crippen molar-refractivity contribution in [3.8, 4) is 12.3 Å².